The summed E-state index contributed by atoms with van der Waals surface area (Å²) in [6, 6.07) is 0. The van der Waals surface area contributed by atoms with Crippen LogP contribution in [0.25, 0.3) is 0 Å². The lowest BCUT2D eigenvalue weighted by molar-refractivity contribution is -0.137. The summed E-state index contributed by atoms with van der Waals surface area (Å²) in [7, 11) is 0. The summed E-state index contributed by atoms with van der Waals surface area (Å²) in [5.74, 6) is -0.208. The third-order valence-electron chi connectivity index (χ3n) is 2.70. The number of likely N-dealkylation sites (tertiary alicyclic amines) is 1. The first-order valence-electron chi connectivity index (χ1n) is 5.90. The molecule has 0 saturated carbocycles. The Morgan fingerprint density at radius 2 is 1.93 bits per heavy atom. The molecule has 3 nitrogen and oxygen atoms in total. The van der Waals surface area contributed by atoms with Gasteiger partial charge < -0.3 is 9.64 Å². The monoisotopic (exact) mass is 211 g/mol. The standard InChI is InChI=1S/C12H21NO2/c1-3-11(10-12(14)15-4-2)13-8-6-5-7-9-13/h10H,3-9H2,1-2H3. The van der Waals surface area contributed by atoms with Crippen LogP contribution in [0.5, 0.6) is 0 Å². The van der Waals surface area contributed by atoms with E-state index in [0.29, 0.717) is 6.61 Å². The Hall–Kier alpha value is -0.990. The van der Waals surface area contributed by atoms with Crippen molar-refractivity contribution in [2.45, 2.75) is 39.5 Å². The van der Waals surface area contributed by atoms with Gasteiger partial charge >= 0.3 is 5.97 Å². The zero-order chi connectivity index (χ0) is 11.1. The predicted octanol–water partition coefficient (Wildman–Crippen LogP) is 2.33. The summed E-state index contributed by atoms with van der Waals surface area (Å²) in [6.07, 6.45) is 6.33. The summed E-state index contributed by atoms with van der Waals surface area (Å²) in [5, 5.41) is 0. The number of piperidine rings is 1. The van der Waals surface area contributed by atoms with Gasteiger partial charge in [0.25, 0.3) is 0 Å². The van der Waals surface area contributed by atoms with Gasteiger partial charge in [-0.05, 0) is 32.6 Å². The molecule has 0 unspecified atom stereocenters. The fraction of sp³-hybridized carbons (Fsp3) is 0.750. The second-order valence-corrected chi connectivity index (χ2v) is 3.79. The van der Waals surface area contributed by atoms with Crippen LogP contribution in [0.4, 0.5) is 0 Å². The van der Waals surface area contributed by atoms with Gasteiger partial charge in [-0.1, -0.05) is 6.92 Å². The van der Waals surface area contributed by atoms with Crippen molar-refractivity contribution in [1.29, 1.82) is 0 Å². The molecule has 0 amide bonds. The number of carbonyl (C=O) groups excluding carboxylic acids is 1. The number of hydrogen-bond donors (Lipinski definition) is 0. The van der Waals surface area contributed by atoms with Gasteiger partial charge in [0, 0.05) is 24.9 Å². The van der Waals surface area contributed by atoms with Gasteiger partial charge in [0.2, 0.25) is 0 Å². The van der Waals surface area contributed by atoms with Gasteiger partial charge in [-0.15, -0.1) is 0 Å². The summed E-state index contributed by atoms with van der Waals surface area (Å²) in [4.78, 5) is 13.6. The number of allylic oxidation sites excluding steroid dienone is 1. The van der Waals surface area contributed by atoms with Crippen LogP contribution in [-0.4, -0.2) is 30.6 Å². The number of carbonyl (C=O) groups is 1. The molecular formula is C12H21NO2. The molecule has 0 radical (unpaired) electrons. The Kier molecular flexibility index (Phi) is 5.22. The number of ether oxygens (including phenoxy) is 1. The lowest BCUT2D eigenvalue weighted by Crippen LogP contribution is -2.29. The predicted molar refractivity (Wildman–Crippen MR) is 60.4 cm³/mol. The van der Waals surface area contributed by atoms with Crippen LogP contribution < -0.4 is 0 Å². The molecule has 0 atom stereocenters. The zero-order valence-corrected chi connectivity index (χ0v) is 9.79. The zero-order valence-electron chi connectivity index (χ0n) is 9.79. The summed E-state index contributed by atoms with van der Waals surface area (Å²) < 4.78 is 4.92. The van der Waals surface area contributed by atoms with Crippen molar-refractivity contribution in [3.8, 4) is 0 Å². The number of hydrogen-bond acceptors (Lipinski definition) is 3. The smallest absolute Gasteiger partial charge is 0.332 e. The summed E-state index contributed by atoms with van der Waals surface area (Å²) in [5.41, 5.74) is 1.12. The normalized spacial score (nSPS) is 17.7. The molecule has 0 spiro atoms. The third-order valence-corrected chi connectivity index (χ3v) is 2.70. The molecule has 0 aromatic heterocycles. The lowest BCUT2D eigenvalue weighted by Gasteiger charge is -2.30. The van der Waals surface area contributed by atoms with Crippen molar-refractivity contribution in [2.75, 3.05) is 19.7 Å². The molecule has 0 aliphatic carbocycles. The molecule has 1 fully saturated rings. The number of rotatable bonds is 4. The van der Waals surface area contributed by atoms with Crippen LogP contribution >= 0.6 is 0 Å². The Morgan fingerprint density at radius 3 is 2.47 bits per heavy atom. The Balaban J connectivity index is 2.55. The van der Waals surface area contributed by atoms with Gasteiger partial charge in [-0.25, -0.2) is 4.79 Å². The van der Waals surface area contributed by atoms with Crippen molar-refractivity contribution >= 4 is 5.97 Å². The second-order valence-electron chi connectivity index (χ2n) is 3.79. The first-order chi connectivity index (χ1) is 7.27. The average molecular weight is 211 g/mol. The van der Waals surface area contributed by atoms with Crippen LogP contribution in [-0.2, 0) is 9.53 Å². The Bertz CT molecular complexity index is 230. The maximum absolute atomic E-state index is 11.3. The van der Waals surface area contributed by atoms with Crippen LogP contribution in [0.2, 0.25) is 0 Å². The highest BCUT2D eigenvalue weighted by atomic mass is 16.5. The largest absolute Gasteiger partial charge is 0.463 e. The van der Waals surface area contributed by atoms with Gasteiger partial charge in [-0.3, -0.25) is 0 Å². The van der Waals surface area contributed by atoms with E-state index >= 15 is 0 Å². The molecular weight excluding hydrogens is 190 g/mol. The molecule has 0 aromatic rings. The Morgan fingerprint density at radius 1 is 1.27 bits per heavy atom. The van der Waals surface area contributed by atoms with E-state index in [9.17, 15) is 4.79 Å². The van der Waals surface area contributed by atoms with Crippen LogP contribution in [0.3, 0.4) is 0 Å². The Labute approximate surface area is 92.1 Å². The first-order valence-corrected chi connectivity index (χ1v) is 5.90. The van der Waals surface area contributed by atoms with E-state index in [0.717, 1.165) is 25.2 Å². The summed E-state index contributed by atoms with van der Waals surface area (Å²) in [6.45, 7) is 6.53. The third kappa shape index (κ3) is 3.94. The highest BCUT2D eigenvalue weighted by Crippen LogP contribution is 2.16. The molecule has 1 aliphatic rings. The molecule has 0 aromatic carbocycles. The molecule has 1 rings (SSSR count). The molecule has 1 heterocycles. The fourth-order valence-electron chi connectivity index (χ4n) is 1.92. The maximum atomic E-state index is 11.3. The van der Waals surface area contributed by atoms with E-state index in [1.807, 2.05) is 6.92 Å². The molecule has 3 heteroatoms. The minimum absolute atomic E-state index is 0.208. The van der Waals surface area contributed by atoms with E-state index in [1.165, 1.54) is 19.3 Å². The lowest BCUT2D eigenvalue weighted by atomic mass is 10.1. The van der Waals surface area contributed by atoms with Gasteiger partial charge in [0.05, 0.1) is 6.61 Å². The van der Waals surface area contributed by atoms with Crippen molar-refractivity contribution < 1.29 is 9.53 Å². The van der Waals surface area contributed by atoms with Crippen molar-refractivity contribution in [1.82, 2.24) is 4.90 Å². The van der Waals surface area contributed by atoms with Crippen LogP contribution in [0.1, 0.15) is 39.5 Å². The van der Waals surface area contributed by atoms with Crippen molar-refractivity contribution in [2.24, 2.45) is 0 Å². The minimum Gasteiger partial charge on any atom is -0.463 e. The topological polar surface area (TPSA) is 29.5 Å². The SMILES string of the molecule is CCOC(=O)C=C(CC)N1CCCCC1. The molecule has 86 valence electrons. The molecule has 0 bridgehead atoms. The molecule has 0 N–H and O–H groups in total. The van der Waals surface area contributed by atoms with Gasteiger partial charge in [-0.2, -0.15) is 0 Å². The van der Waals surface area contributed by atoms with E-state index in [2.05, 4.69) is 11.8 Å². The van der Waals surface area contributed by atoms with E-state index < -0.39 is 0 Å². The quantitative estimate of drug-likeness (QED) is 0.528. The van der Waals surface area contributed by atoms with E-state index in [4.69, 9.17) is 4.74 Å². The fourth-order valence-corrected chi connectivity index (χ4v) is 1.92. The molecule has 1 saturated heterocycles. The van der Waals surface area contributed by atoms with Crippen LogP contribution in [0, 0.1) is 0 Å². The maximum Gasteiger partial charge on any atom is 0.332 e. The van der Waals surface area contributed by atoms with Gasteiger partial charge in [0.15, 0.2) is 0 Å². The molecule has 15 heavy (non-hydrogen) atoms. The van der Waals surface area contributed by atoms with Crippen molar-refractivity contribution in [3.05, 3.63) is 11.8 Å². The molecule has 1 aliphatic heterocycles. The minimum atomic E-state index is -0.208. The van der Waals surface area contributed by atoms with Gasteiger partial charge in [0.1, 0.15) is 0 Å². The average Bonchev–Trinajstić information content (AvgIpc) is 2.27. The number of nitrogens with zero attached hydrogens (tertiary/aromatic N) is 1. The van der Waals surface area contributed by atoms with Crippen molar-refractivity contribution in [3.63, 3.8) is 0 Å². The van der Waals surface area contributed by atoms with E-state index in [-0.39, 0.29) is 5.97 Å². The highest BCUT2D eigenvalue weighted by molar-refractivity contribution is 5.82. The highest BCUT2D eigenvalue weighted by Gasteiger charge is 2.13. The van der Waals surface area contributed by atoms with Crippen LogP contribution in [0.15, 0.2) is 11.8 Å². The number of esters is 1. The summed E-state index contributed by atoms with van der Waals surface area (Å²) >= 11 is 0. The second kappa shape index (κ2) is 6.49. The first kappa shape index (κ1) is 12.1. The van der Waals surface area contributed by atoms with E-state index in [1.54, 1.807) is 6.08 Å².